The van der Waals surface area contributed by atoms with Gasteiger partial charge in [0.15, 0.2) is 11.5 Å². The third-order valence-corrected chi connectivity index (χ3v) is 4.44. The lowest BCUT2D eigenvalue weighted by atomic mass is 10.3. The minimum Gasteiger partial charge on any atom is -0.493 e. The minimum atomic E-state index is -0.0114. The van der Waals surface area contributed by atoms with E-state index in [0.29, 0.717) is 28.8 Å². The van der Waals surface area contributed by atoms with E-state index in [1.165, 1.54) is 11.8 Å². The molecule has 4 nitrogen and oxygen atoms in total. The van der Waals surface area contributed by atoms with E-state index in [2.05, 4.69) is 5.10 Å². The monoisotopic (exact) mass is 324 g/mol. The minimum absolute atomic E-state index is 0.0114. The number of Topliss-reactive ketones (excluding diaryl/α,β-unsaturated/α-hetero) is 1. The summed E-state index contributed by atoms with van der Waals surface area (Å²) in [7, 11) is 1.55. The Labute approximate surface area is 133 Å². The lowest BCUT2D eigenvalue weighted by molar-refractivity contribution is 0.100. The summed E-state index contributed by atoms with van der Waals surface area (Å²) in [4.78, 5) is 13.4. The first kappa shape index (κ1) is 15.9. The summed E-state index contributed by atoms with van der Waals surface area (Å²) in [5, 5.41) is 4.86. The number of nitrogens with zero attached hydrogens (tertiary/aromatic N) is 2. The molecule has 0 unspecified atom stereocenters. The number of hydrogen-bond donors (Lipinski definition) is 0. The van der Waals surface area contributed by atoms with Gasteiger partial charge in [-0.2, -0.15) is 5.10 Å². The smallest absolute Gasteiger partial charge is 0.194 e. The van der Waals surface area contributed by atoms with Crippen molar-refractivity contribution >= 4 is 29.1 Å². The molecule has 0 amide bonds. The van der Waals surface area contributed by atoms with Crippen LogP contribution in [0.5, 0.6) is 5.75 Å². The number of hydrogen-bond acceptors (Lipinski definition) is 4. The molecule has 1 heterocycles. The van der Waals surface area contributed by atoms with Crippen LogP contribution in [0.25, 0.3) is 0 Å². The summed E-state index contributed by atoms with van der Waals surface area (Å²) in [5.41, 5.74) is 0.527. The van der Waals surface area contributed by atoms with E-state index in [1.807, 2.05) is 31.2 Å². The highest BCUT2D eigenvalue weighted by molar-refractivity contribution is 8.00. The third-order valence-electron chi connectivity index (χ3n) is 2.92. The Morgan fingerprint density at radius 2 is 2.19 bits per heavy atom. The number of aromatic nitrogens is 2. The molecule has 2 rings (SSSR count). The second-order valence-electron chi connectivity index (χ2n) is 4.43. The molecule has 0 fully saturated rings. The molecule has 1 aromatic carbocycles. The largest absolute Gasteiger partial charge is 0.493 e. The molecule has 0 radical (unpaired) electrons. The summed E-state index contributed by atoms with van der Waals surface area (Å²) in [6.45, 7) is 2.74. The molecule has 0 aliphatic heterocycles. The first-order chi connectivity index (χ1) is 10.2. The molecule has 0 saturated heterocycles. The Morgan fingerprint density at radius 3 is 2.86 bits per heavy atom. The molecule has 112 valence electrons. The number of benzene rings is 1. The fourth-order valence-corrected chi connectivity index (χ4v) is 3.06. The third kappa shape index (κ3) is 3.80. The van der Waals surface area contributed by atoms with E-state index in [4.69, 9.17) is 16.3 Å². The van der Waals surface area contributed by atoms with Crippen molar-refractivity contribution in [3.63, 3.8) is 0 Å². The number of carbonyl (C=O) groups excluding carboxylic acids is 1. The van der Waals surface area contributed by atoms with Crippen molar-refractivity contribution in [2.24, 2.45) is 0 Å². The standard InChI is InChI=1S/C15H17ClN2O2S/c1-3-8-18-15(13(20-2)9-17-18)12(19)10-21-14-7-5-4-6-11(14)16/h4-7,9H,3,8,10H2,1-2H3. The zero-order valence-electron chi connectivity index (χ0n) is 12.0. The first-order valence-corrected chi connectivity index (χ1v) is 8.04. The van der Waals surface area contributed by atoms with Crippen molar-refractivity contribution in [1.29, 1.82) is 0 Å². The van der Waals surface area contributed by atoms with Crippen LogP contribution >= 0.6 is 23.4 Å². The number of ether oxygens (including phenoxy) is 1. The quantitative estimate of drug-likeness (QED) is 0.572. The molecule has 6 heteroatoms. The van der Waals surface area contributed by atoms with Gasteiger partial charge in [-0.1, -0.05) is 30.7 Å². The van der Waals surface area contributed by atoms with E-state index in [9.17, 15) is 4.79 Å². The lowest BCUT2D eigenvalue weighted by Gasteiger charge is -2.08. The van der Waals surface area contributed by atoms with Crippen LogP contribution in [-0.4, -0.2) is 28.4 Å². The average Bonchev–Trinajstić information content (AvgIpc) is 2.89. The average molecular weight is 325 g/mol. The van der Waals surface area contributed by atoms with Crippen molar-refractivity contribution in [2.75, 3.05) is 12.9 Å². The van der Waals surface area contributed by atoms with Crippen molar-refractivity contribution in [3.05, 3.63) is 41.2 Å². The number of carbonyl (C=O) groups is 1. The second-order valence-corrected chi connectivity index (χ2v) is 5.85. The summed E-state index contributed by atoms with van der Waals surface area (Å²) in [6.07, 6.45) is 2.49. The molecule has 1 aromatic heterocycles. The van der Waals surface area contributed by atoms with E-state index in [0.717, 1.165) is 11.3 Å². The molecule has 0 spiro atoms. The van der Waals surface area contributed by atoms with E-state index < -0.39 is 0 Å². The highest BCUT2D eigenvalue weighted by Gasteiger charge is 2.19. The lowest BCUT2D eigenvalue weighted by Crippen LogP contribution is -2.13. The number of aryl methyl sites for hydroxylation is 1. The topological polar surface area (TPSA) is 44.1 Å². The van der Waals surface area contributed by atoms with Crippen LogP contribution in [0.4, 0.5) is 0 Å². The van der Waals surface area contributed by atoms with Gasteiger partial charge in [0, 0.05) is 11.4 Å². The van der Waals surface area contributed by atoms with Crippen molar-refractivity contribution < 1.29 is 9.53 Å². The molecule has 0 bridgehead atoms. The maximum atomic E-state index is 12.5. The molecule has 0 aliphatic carbocycles. The van der Waals surface area contributed by atoms with Gasteiger partial charge in [0.05, 0.1) is 24.1 Å². The Hall–Kier alpha value is -1.46. The normalized spacial score (nSPS) is 10.6. The second kappa shape index (κ2) is 7.52. The molecule has 0 aliphatic rings. The van der Waals surface area contributed by atoms with Crippen LogP contribution < -0.4 is 4.74 Å². The maximum absolute atomic E-state index is 12.5. The zero-order valence-corrected chi connectivity index (χ0v) is 13.6. The number of methoxy groups -OCH3 is 1. The van der Waals surface area contributed by atoms with Gasteiger partial charge < -0.3 is 4.74 Å². The van der Waals surface area contributed by atoms with Crippen molar-refractivity contribution in [2.45, 2.75) is 24.8 Å². The van der Waals surface area contributed by atoms with Gasteiger partial charge in [-0.25, -0.2) is 0 Å². The van der Waals surface area contributed by atoms with Gasteiger partial charge in [-0.15, -0.1) is 11.8 Å². The fourth-order valence-electron chi connectivity index (χ4n) is 1.95. The van der Waals surface area contributed by atoms with Crippen LogP contribution in [0.15, 0.2) is 35.4 Å². The first-order valence-electron chi connectivity index (χ1n) is 6.67. The Balaban J connectivity index is 2.13. The molecular formula is C15H17ClN2O2S. The van der Waals surface area contributed by atoms with Gasteiger partial charge in [-0.3, -0.25) is 9.48 Å². The maximum Gasteiger partial charge on any atom is 0.194 e. The van der Waals surface area contributed by atoms with Gasteiger partial charge in [0.25, 0.3) is 0 Å². The molecule has 0 N–H and O–H groups in total. The Kier molecular flexibility index (Phi) is 5.70. The number of rotatable bonds is 7. The molecule has 2 aromatic rings. The predicted molar refractivity (Wildman–Crippen MR) is 85.6 cm³/mol. The van der Waals surface area contributed by atoms with E-state index >= 15 is 0 Å². The van der Waals surface area contributed by atoms with Crippen LogP contribution in [0.2, 0.25) is 5.02 Å². The zero-order chi connectivity index (χ0) is 15.2. The van der Waals surface area contributed by atoms with Gasteiger partial charge >= 0.3 is 0 Å². The fraction of sp³-hybridized carbons (Fsp3) is 0.333. The SMILES string of the molecule is CCCn1ncc(OC)c1C(=O)CSc1ccccc1Cl. The molecule has 0 atom stereocenters. The van der Waals surface area contributed by atoms with E-state index in [-0.39, 0.29) is 5.78 Å². The number of halogens is 1. The van der Waals surface area contributed by atoms with Gasteiger partial charge in [0.1, 0.15) is 5.69 Å². The molecule has 21 heavy (non-hydrogen) atoms. The van der Waals surface area contributed by atoms with Crippen LogP contribution in [0, 0.1) is 0 Å². The van der Waals surface area contributed by atoms with Gasteiger partial charge in [-0.05, 0) is 18.6 Å². The van der Waals surface area contributed by atoms with Crippen LogP contribution in [0.3, 0.4) is 0 Å². The van der Waals surface area contributed by atoms with Crippen LogP contribution in [0.1, 0.15) is 23.8 Å². The summed E-state index contributed by atoms with van der Waals surface area (Å²) >= 11 is 7.52. The Bertz CT molecular complexity index is 628. The number of thioether (sulfide) groups is 1. The van der Waals surface area contributed by atoms with Crippen molar-refractivity contribution in [1.82, 2.24) is 9.78 Å². The summed E-state index contributed by atoms with van der Waals surface area (Å²) in [5.74, 6) is 0.811. The summed E-state index contributed by atoms with van der Waals surface area (Å²) in [6, 6.07) is 7.49. The molecule has 0 saturated carbocycles. The van der Waals surface area contributed by atoms with Gasteiger partial charge in [0.2, 0.25) is 0 Å². The predicted octanol–water partition coefficient (Wildman–Crippen LogP) is 3.93. The highest BCUT2D eigenvalue weighted by atomic mass is 35.5. The van der Waals surface area contributed by atoms with Crippen molar-refractivity contribution in [3.8, 4) is 5.75 Å². The Morgan fingerprint density at radius 1 is 1.43 bits per heavy atom. The summed E-state index contributed by atoms with van der Waals surface area (Å²) < 4.78 is 6.93. The number of ketones is 1. The molecular weight excluding hydrogens is 308 g/mol. The highest BCUT2D eigenvalue weighted by Crippen LogP contribution is 2.28. The van der Waals surface area contributed by atoms with E-state index in [1.54, 1.807) is 18.0 Å². The van der Waals surface area contributed by atoms with Crippen LogP contribution in [-0.2, 0) is 6.54 Å².